The van der Waals surface area contributed by atoms with Crippen LogP contribution in [-0.2, 0) is 16.6 Å². The van der Waals surface area contributed by atoms with Gasteiger partial charge in [0.15, 0.2) is 5.82 Å². The van der Waals surface area contributed by atoms with Crippen LogP contribution in [0.4, 0.5) is 0 Å². The van der Waals surface area contributed by atoms with E-state index in [0.29, 0.717) is 30.3 Å². The molecule has 5 rings (SSSR count). The van der Waals surface area contributed by atoms with Gasteiger partial charge in [-0.15, -0.1) is 0 Å². The van der Waals surface area contributed by atoms with Crippen LogP contribution < -0.4 is 20.7 Å². The predicted octanol–water partition coefficient (Wildman–Crippen LogP) is 7.52. The van der Waals surface area contributed by atoms with E-state index in [1.54, 1.807) is 0 Å². The largest absolute Gasteiger partial charge is 0.494 e. The molecule has 50 heavy (non-hydrogen) atoms. The molecular weight excluding hydrogens is 622 g/mol. The van der Waals surface area contributed by atoms with Crippen molar-refractivity contribution in [3.8, 4) is 28.3 Å². The van der Waals surface area contributed by atoms with Gasteiger partial charge in [0, 0.05) is 42.0 Å². The fourth-order valence-electron chi connectivity index (χ4n) is 6.12. The highest BCUT2D eigenvalue weighted by Gasteiger charge is 2.24. The predicted molar refractivity (Wildman–Crippen MR) is 201 cm³/mol. The van der Waals surface area contributed by atoms with Crippen LogP contribution >= 0.6 is 0 Å². The Kier molecular flexibility index (Phi) is 13.1. The molecule has 8 nitrogen and oxygen atoms in total. The molecule has 3 aromatic carbocycles. The molecule has 2 amide bonds. The number of carbonyl (C=O) groups excluding carboxylic acids is 2. The summed E-state index contributed by atoms with van der Waals surface area (Å²) in [5.41, 5.74) is 5.44. The van der Waals surface area contributed by atoms with Crippen LogP contribution in [0.2, 0.25) is 0 Å². The van der Waals surface area contributed by atoms with Crippen molar-refractivity contribution in [3.05, 3.63) is 102 Å². The van der Waals surface area contributed by atoms with Crippen LogP contribution in [0.3, 0.4) is 0 Å². The standard InChI is InChI=1S/C42H53N5O3/c1-5-6-7-8-9-24-50-37-20-16-32(17-21-37)35-28-44-39(45-29-35)33-12-10-30(11-13-33)25-38(41(49)46-27-31-22-23-43-26-31)47-40(48)34-14-18-36(19-15-34)42(2,3)4/h10-21,28-29,31,38,43H,5-9,22-27H2,1-4H3,(H,46,49)(H,47,48)/t31-,38-/m0/s1. The van der Waals surface area contributed by atoms with Gasteiger partial charge >= 0.3 is 0 Å². The molecule has 0 bridgehead atoms. The fourth-order valence-corrected chi connectivity index (χ4v) is 6.12. The van der Waals surface area contributed by atoms with Crippen molar-refractivity contribution in [2.45, 2.75) is 84.1 Å². The molecule has 264 valence electrons. The first-order valence-electron chi connectivity index (χ1n) is 18.2. The van der Waals surface area contributed by atoms with Gasteiger partial charge in [0.1, 0.15) is 11.8 Å². The fraction of sp³-hybridized carbons (Fsp3) is 0.429. The Morgan fingerprint density at radius 1 is 0.860 bits per heavy atom. The Morgan fingerprint density at radius 3 is 2.18 bits per heavy atom. The first-order valence-corrected chi connectivity index (χ1v) is 18.2. The second kappa shape index (κ2) is 17.9. The maximum atomic E-state index is 13.4. The average molecular weight is 676 g/mol. The number of hydrogen-bond donors (Lipinski definition) is 3. The maximum Gasteiger partial charge on any atom is 0.251 e. The van der Waals surface area contributed by atoms with Crippen molar-refractivity contribution < 1.29 is 14.3 Å². The molecule has 0 spiro atoms. The Labute approximate surface area is 297 Å². The molecule has 1 aromatic heterocycles. The van der Waals surface area contributed by atoms with E-state index in [-0.39, 0.29) is 17.2 Å². The van der Waals surface area contributed by atoms with Gasteiger partial charge in [-0.2, -0.15) is 0 Å². The summed E-state index contributed by atoms with van der Waals surface area (Å²) in [7, 11) is 0. The number of carbonyl (C=O) groups is 2. The second-order valence-electron chi connectivity index (χ2n) is 14.4. The lowest BCUT2D eigenvalue weighted by Crippen LogP contribution is -2.49. The zero-order valence-corrected chi connectivity index (χ0v) is 30.1. The van der Waals surface area contributed by atoms with Crippen LogP contribution in [0.15, 0.2) is 85.2 Å². The van der Waals surface area contributed by atoms with Crippen molar-refractivity contribution in [2.75, 3.05) is 26.2 Å². The molecule has 0 saturated carbocycles. The van der Waals surface area contributed by atoms with Gasteiger partial charge in [0.05, 0.1) is 6.61 Å². The number of hydrogen-bond acceptors (Lipinski definition) is 6. The van der Waals surface area contributed by atoms with E-state index in [1.165, 1.54) is 25.7 Å². The smallest absolute Gasteiger partial charge is 0.251 e. The summed E-state index contributed by atoms with van der Waals surface area (Å²) in [5.74, 6) is 1.45. The lowest BCUT2D eigenvalue weighted by Gasteiger charge is -2.21. The minimum Gasteiger partial charge on any atom is -0.494 e. The summed E-state index contributed by atoms with van der Waals surface area (Å²) >= 11 is 0. The minimum atomic E-state index is -0.719. The zero-order valence-electron chi connectivity index (χ0n) is 30.1. The molecular formula is C42H53N5O3. The molecule has 1 aliphatic rings. The highest BCUT2D eigenvalue weighted by Crippen LogP contribution is 2.25. The van der Waals surface area contributed by atoms with Gasteiger partial charge in [-0.1, -0.05) is 102 Å². The molecule has 2 heterocycles. The molecule has 0 unspecified atom stereocenters. The number of nitrogens with zero attached hydrogens (tertiary/aromatic N) is 2. The summed E-state index contributed by atoms with van der Waals surface area (Å²) in [6.07, 6.45) is 11.2. The molecule has 1 fully saturated rings. The molecule has 3 N–H and O–H groups in total. The Morgan fingerprint density at radius 2 is 1.54 bits per heavy atom. The van der Waals surface area contributed by atoms with E-state index in [9.17, 15) is 9.59 Å². The molecule has 1 aliphatic heterocycles. The average Bonchev–Trinajstić information content (AvgIpc) is 3.66. The van der Waals surface area contributed by atoms with Crippen molar-refractivity contribution >= 4 is 11.8 Å². The number of ether oxygens (including phenoxy) is 1. The number of benzene rings is 3. The summed E-state index contributed by atoms with van der Waals surface area (Å²) in [6.45, 7) is 11.8. The van der Waals surface area contributed by atoms with E-state index < -0.39 is 6.04 Å². The highest BCUT2D eigenvalue weighted by molar-refractivity contribution is 5.97. The SMILES string of the molecule is CCCCCCCOc1ccc(-c2cnc(-c3ccc(C[C@H](NC(=O)c4ccc(C(C)(C)C)cc4)C(=O)NC[C@H]4CCNC4)cc3)nc2)cc1. The normalized spacial score (nSPS) is 15.0. The van der Waals surface area contributed by atoms with Gasteiger partial charge in [-0.25, -0.2) is 9.97 Å². The molecule has 2 atom stereocenters. The van der Waals surface area contributed by atoms with E-state index in [0.717, 1.165) is 66.1 Å². The summed E-state index contributed by atoms with van der Waals surface area (Å²) < 4.78 is 5.91. The maximum absolute atomic E-state index is 13.4. The Hall–Kier alpha value is -4.56. The van der Waals surface area contributed by atoms with Crippen LogP contribution in [0.25, 0.3) is 22.5 Å². The molecule has 4 aromatic rings. The number of amides is 2. The third-order valence-corrected chi connectivity index (χ3v) is 9.37. The monoisotopic (exact) mass is 675 g/mol. The summed E-state index contributed by atoms with van der Waals surface area (Å²) in [5, 5.41) is 9.44. The topological polar surface area (TPSA) is 105 Å². The first kappa shape index (κ1) is 36.7. The van der Waals surface area contributed by atoms with Crippen molar-refractivity contribution in [2.24, 2.45) is 5.92 Å². The van der Waals surface area contributed by atoms with Crippen LogP contribution in [-0.4, -0.2) is 54.1 Å². The van der Waals surface area contributed by atoms with Crippen molar-refractivity contribution in [1.82, 2.24) is 25.9 Å². The van der Waals surface area contributed by atoms with Crippen LogP contribution in [0, 0.1) is 5.92 Å². The minimum absolute atomic E-state index is 0.0134. The molecule has 0 aliphatic carbocycles. The number of aromatic nitrogens is 2. The third kappa shape index (κ3) is 10.7. The van der Waals surface area contributed by atoms with Gasteiger partial charge < -0.3 is 20.7 Å². The second-order valence-corrected chi connectivity index (χ2v) is 14.4. The summed E-state index contributed by atoms with van der Waals surface area (Å²) in [6, 6.07) is 22.8. The van der Waals surface area contributed by atoms with Gasteiger partial charge in [-0.05, 0) is 78.2 Å². The summed E-state index contributed by atoms with van der Waals surface area (Å²) in [4.78, 5) is 36.0. The number of nitrogens with one attached hydrogen (secondary N) is 3. The van der Waals surface area contributed by atoms with E-state index >= 15 is 0 Å². The Balaban J connectivity index is 1.20. The first-order chi connectivity index (χ1) is 24.2. The van der Waals surface area contributed by atoms with Crippen LogP contribution in [0.5, 0.6) is 5.75 Å². The van der Waals surface area contributed by atoms with Gasteiger partial charge in [0.2, 0.25) is 5.91 Å². The van der Waals surface area contributed by atoms with E-state index in [2.05, 4.69) is 53.6 Å². The van der Waals surface area contributed by atoms with Crippen LogP contribution in [0.1, 0.15) is 87.7 Å². The highest BCUT2D eigenvalue weighted by atomic mass is 16.5. The molecule has 0 radical (unpaired) electrons. The van der Waals surface area contributed by atoms with E-state index in [1.807, 2.05) is 85.2 Å². The third-order valence-electron chi connectivity index (χ3n) is 9.37. The zero-order chi connectivity index (χ0) is 35.3. The van der Waals surface area contributed by atoms with Crippen molar-refractivity contribution in [1.29, 1.82) is 0 Å². The lowest BCUT2D eigenvalue weighted by molar-refractivity contribution is -0.123. The van der Waals surface area contributed by atoms with Gasteiger partial charge in [-0.3, -0.25) is 9.59 Å². The lowest BCUT2D eigenvalue weighted by atomic mass is 9.86. The van der Waals surface area contributed by atoms with Crippen molar-refractivity contribution in [3.63, 3.8) is 0 Å². The Bertz CT molecular complexity index is 1640. The number of unbranched alkanes of at least 4 members (excludes halogenated alkanes) is 4. The van der Waals surface area contributed by atoms with Gasteiger partial charge in [0.25, 0.3) is 5.91 Å². The quantitative estimate of drug-likeness (QED) is 0.106. The number of rotatable bonds is 16. The van der Waals surface area contributed by atoms with E-state index in [4.69, 9.17) is 4.74 Å². The molecule has 1 saturated heterocycles. The molecule has 8 heteroatoms.